The first-order valence-electron chi connectivity index (χ1n) is 6.46. The molecule has 0 bridgehead atoms. The van der Waals surface area contributed by atoms with Crippen molar-refractivity contribution in [2.24, 2.45) is 0 Å². The lowest BCUT2D eigenvalue weighted by Gasteiger charge is -2.12. The van der Waals surface area contributed by atoms with Crippen LogP contribution >= 0.6 is 0 Å². The predicted molar refractivity (Wildman–Crippen MR) is 78.8 cm³/mol. The molecule has 2 aromatic rings. The number of amides is 1. The van der Waals surface area contributed by atoms with Crippen molar-refractivity contribution in [3.05, 3.63) is 48.2 Å². The lowest BCUT2D eigenvalue weighted by Crippen LogP contribution is -2.15. The monoisotopic (exact) mass is 271 g/mol. The first-order valence-corrected chi connectivity index (χ1v) is 6.46. The summed E-state index contributed by atoms with van der Waals surface area (Å²) in [5, 5.41) is 2.79. The minimum Gasteiger partial charge on any atom is -0.491 e. The molecule has 5 heteroatoms. The van der Waals surface area contributed by atoms with E-state index in [0.717, 1.165) is 6.42 Å². The molecular formula is C15H17N3O2. The maximum Gasteiger partial charge on any atom is 0.259 e. The van der Waals surface area contributed by atoms with Gasteiger partial charge in [0.05, 0.1) is 17.9 Å². The summed E-state index contributed by atoms with van der Waals surface area (Å²) in [5.74, 6) is 0.547. The average Bonchev–Trinajstić information content (AvgIpc) is 2.46. The second kappa shape index (κ2) is 6.56. The van der Waals surface area contributed by atoms with E-state index in [0.29, 0.717) is 23.6 Å². The molecule has 0 saturated carbocycles. The third-order valence-electron chi connectivity index (χ3n) is 2.68. The zero-order valence-electron chi connectivity index (χ0n) is 11.3. The molecule has 0 aliphatic carbocycles. The van der Waals surface area contributed by atoms with Gasteiger partial charge in [0.2, 0.25) is 0 Å². The van der Waals surface area contributed by atoms with E-state index in [1.165, 1.54) is 0 Å². The number of para-hydroxylation sites is 2. The third-order valence-corrected chi connectivity index (χ3v) is 2.68. The van der Waals surface area contributed by atoms with Gasteiger partial charge in [0, 0.05) is 6.20 Å². The smallest absolute Gasteiger partial charge is 0.259 e. The molecule has 0 radical (unpaired) electrons. The van der Waals surface area contributed by atoms with E-state index < -0.39 is 0 Å². The maximum atomic E-state index is 12.2. The SMILES string of the molecule is CCCOc1ccccc1NC(=O)c1cccnc1N. The molecule has 0 aliphatic rings. The lowest BCUT2D eigenvalue weighted by atomic mass is 10.2. The van der Waals surface area contributed by atoms with Gasteiger partial charge in [-0.25, -0.2) is 4.98 Å². The van der Waals surface area contributed by atoms with E-state index in [9.17, 15) is 4.79 Å². The van der Waals surface area contributed by atoms with Crippen molar-refractivity contribution in [3.8, 4) is 5.75 Å². The number of hydrogen-bond acceptors (Lipinski definition) is 4. The van der Waals surface area contributed by atoms with Gasteiger partial charge in [-0.05, 0) is 30.7 Å². The van der Waals surface area contributed by atoms with Crippen molar-refractivity contribution < 1.29 is 9.53 Å². The molecule has 1 amide bonds. The highest BCUT2D eigenvalue weighted by atomic mass is 16.5. The second-order valence-electron chi connectivity index (χ2n) is 4.23. The first-order chi connectivity index (χ1) is 9.72. The number of aromatic nitrogens is 1. The summed E-state index contributed by atoms with van der Waals surface area (Å²) in [5.41, 5.74) is 6.65. The molecule has 0 unspecified atom stereocenters. The van der Waals surface area contributed by atoms with Gasteiger partial charge in [0.25, 0.3) is 5.91 Å². The van der Waals surface area contributed by atoms with Gasteiger partial charge in [-0.15, -0.1) is 0 Å². The zero-order chi connectivity index (χ0) is 14.4. The largest absolute Gasteiger partial charge is 0.491 e. The van der Waals surface area contributed by atoms with Crippen LogP contribution in [0.4, 0.5) is 11.5 Å². The van der Waals surface area contributed by atoms with Gasteiger partial charge in [0.15, 0.2) is 0 Å². The molecule has 20 heavy (non-hydrogen) atoms. The molecule has 104 valence electrons. The number of nitrogens with one attached hydrogen (secondary N) is 1. The quantitative estimate of drug-likeness (QED) is 0.876. The van der Waals surface area contributed by atoms with Crippen LogP contribution in [-0.2, 0) is 0 Å². The normalized spacial score (nSPS) is 10.1. The van der Waals surface area contributed by atoms with E-state index in [-0.39, 0.29) is 11.7 Å². The van der Waals surface area contributed by atoms with Gasteiger partial charge in [-0.1, -0.05) is 19.1 Å². The molecule has 0 spiro atoms. The molecule has 0 saturated heterocycles. The molecular weight excluding hydrogens is 254 g/mol. The highest BCUT2D eigenvalue weighted by Gasteiger charge is 2.12. The first kappa shape index (κ1) is 13.9. The fourth-order valence-corrected chi connectivity index (χ4v) is 1.71. The van der Waals surface area contributed by atoms with Crippen LogP contribution in [0.2, 0.25) is 0 Å². The number of benzene rings is 1. The molecule has 1 heterocycles. The Labute approximate surface area is 117 Å². The molecule has 1 aromatic carbocycles. The van der Waals surface area contributed by atoms with Crippen molar-refractivity contribution >= 4 is 17.4 Å². The molecule has 2 rings (SSSR count). The number of pyridine rings is 1. The lowest BCUT2D eigenvalue weighted by molar-refractivity contribution is 0.102. The van der Waals surface area contributed by atoms with E-state index in [4.69, 9.17) is 10.5 Å². The Morgan fingerprint density at radius 2 is 2.10 bits per heavy atom. The Bertz CT molecular complexity index is 599. The number of rotatable bonds is 5. The molecule has 1 aromatic heterocycles. The number of nitrogen functional groups attached to an aromatic ring is 1. The van der Waals surface area contributed by atoms with Crippen LogP contribution < -0.4 is 15.8 Å². The number of ether oxygens (including phenoxy) is 1. The Kier molecular flexibility index (Phi) is 4.55. The Balaban J connectivity index is 2.18. The molecule has 5 nitrogen and oxygen atoms in total. The summed E-state index contributed by atoms with van der Waals surface area (Å²) >= 11 is 0. The second-order valence-corrected chi connectivity index (χ2v) is 4.23. The number of hydrogen-bond donors (Lipinski definition) is 2. The standard InChI is InChI=1S/C15H17N3O2/c1-2-10-20-13-8-4-3-7-12(13)18-15(19)11-6-5-9-17-14(11)16/h3-9H,2,10H2,1H3,(H2,16,17)(H,18,19). The number of carbonyl (C=O) groups excluding carboxylic acids is 1. The van der Waals surface area contributed by atoms with Crippen molar-refractivity contribution in [2.75, 3.05) is 17.7 Å². The zero-order valence-corrected chi connectivity index (χ0v) is 11.3. The summed E-state index contributed by atoms with van der Waals surface area (Å²) in [6, 6.07) is 10.6. The number of nitrogens with two attached hydrogens (primary N) is 1. The predicted octanol–water partition coefficient (Wildman–Crippen LogP) is 2.70. The highest BCUT2D eigenvalue weighted by molar-refractivity contribution is 6.07. The van der Waals surface area contributed by atoms with Gasteiger partial charge in [-0.3, -0.25) is 4.79 Å². The van der Waals surface area contributed by atoms with Crippen LogP contribution in [0.3, 0.4) is 0 Å². The fraction of sp³-hybridized carbons (Fsp3) is 0.200. The van der Waals surface area contributed by atoms with Gasteiger partial charge >= 0.3 is 0 Å². The van der Waals surface area contributed by atoms with Crippen molar-refractivity contribution in [2.45, 2.75) is 13.3 Å². The molecule has 0 fully saturated rings. The number of carbonyl (C=O) groups is 1. The van der Waals surface area contributed by atoms with E-state index in [1.54, 1.807) is 24.4 Å². The Morgan fingerprint density at radius 1 is 1.30 bits per heavy atom. The third kappa shape index (κ3) is 3.26. The van der Waals surface area contributed by atoms with Crippen LogP contribution in [-0.4, -0.2) is 17.5 Å². The average molecular weight is 271 g/mol. The Morgan fingerprint density at radius 3 is 2.85 bits per heavy atom. The number of nitrogens with zero attached hydrogens (tertiary/aromatic N) is 1. The van der Waals surface area contributed by atoms with Crippen molar-refractivity contribution in [3.63, 3.8) is 0 Å². The summed E-state index contributed by atoms with van der Waals surface area (Å²) in [7, 11) is 0. The minimum absolute atomic E-state index is 0.206. The summed E-state index contributed by atoms with van der Waals surface area (Å²) < 4.78 is 5.59. The van der Waals surface area contributed by atoms with Crippen LogP contribution in [0.25, 0.3) is 0 Å². The summed E-state index contributed by atoms with van der Waals surface area (Å²) in [6.07, 6.45) is 2.45. The van der Waals surface area contributed by atoms with Crippen molar-refractivity contribution in [1.82, 2.24) is 4.98 Å². The molecule has 3 N–H and O–H groups in total. The van der Waals surface area contributed by atoms with Gasteiger partial charge < -0.3 is 15.8 Å². The molecule has 0 aliphatic heterocycles. The van der Waals surface area contributed by atoms with Crippen LogP contribution in [0, 0.1) is 0 Å². The van der Waals surface area contributed by atoms with E-state index in [1.807, 2.05) is 25.1 Å². The van der Waals surface area contributed by atoms with Crippen LogP contribution in [0.15, 0.2) is 42.6 Å². The summed E-state index contributed by atoms with van der Waals surface area (Å²) in [6.45, 7) is 2.62. The van der Waals surface area contributed by atoms with Gasteiger partial charge in [-0.2, -0.15) is 0 Å². The number of anilines is 2. The summed E-state index contributed by atoms with van der Waals surface area (Å²) in [4.78, 5) is 16.1. The Hall–Kier alpha value is -2.56. The van der Waals surface area contributed by atoms with Gasteiger partial charge in [0.1, 0.15) is 11.6 Å². The van der Waals surface area contributed by atoms with Crippen molar-refractivity contribution in [1.29, 1.82) is 0 Å². The van der Waals surface area contributed by atoms with E-state index in [2.05, 4.69) is 10.3 Å². The fourth-order valence-electron chi connectivity index (χ4n) is 1.71. The maximum absolute atomic E-state index is 12.2. The van der Waals surface area contributed by atoms with Crippen LogP contribution in [0.5, 0.6) is 5.75 Å². The topological polar surface area (TPSA) is 77.2 Å². The van der Waals surface area contributed by atoms with E-state index >= 15 is 0 Å². The highest BCUT2D eigenvalue weighted by Crippen LogP contribution is 2.24. The minimum atomic E-state index is -0.303. The molecule has 0 atom stereocenters. The van der Waals surface area contributed by atoms with Crippen LogP contribution in [0.1, 0.15) is 23.7 Å².